The van der Waals surface area contributed by atoms with Gasteiger partial charge in [-0.05, 0) is 66.3 Å². The Labute approximate surface area is 260 Å². The van der Waals surface area contributed by atoms with Crippen molar-refractivity contribution < 1.29 is 27.9 Å². The van der Waals surface area contributed by atoms with Gasteiger partial charge in [0.25, 0.3) is 11.8 Å². The Kier molecular flexibility index (Phi) is 10.3. The highest BCUT2D eigenvalue weighted by atomic mass is 19.4. The molecule has 3 unspecified atom stereocenters. The molecule has 3 aromatic carbocycles. The van der Waals surface area contributed by atoms with Crippen LogP contribution in [0.1, 0.15) is 61.9 Å². The average Bonchev–Trinajstić information content (AvgIpc) is 3.55. The van der Waals surface area contributed by atoms with Crippen molar-refractivity contribution in [2.45, 2.75) is 50.2 Å². The molecule has 3 atom stereocenters. The van der Waals surface area contributed by atoms with Gasteiger partial charge in [-0.15, -0.1) is 0 Å². The fraction of sp³-hybridized carbons (Fsp3) is 0.286. The van der Waals surface area contributed by atoms with Crippen LogP contribution in [0.3, 0.4) is 0 Å². The van der Waals surface area contributed by atoms with Gasteiger partial charge in [0, 0.05) is 43.2 Å². The highest BCUT2D eigenvalue weighted by Crippen LogP contribution is 2.33. The number of halogens is 3. The van der Waals surface area contributed by atoms with Gasteiger partial charge < -0.3 is 20.6 Å². The number of aliphatic hydroxyl groups is 1. The topological polar surface area (TPSA) is 94.6 Å². The highest BCUT2D eigenvalue weighted by molar-refractivity contribution is 6.00. The lowest BCUT2D eigenvalue weighted by Gasteiger charge is -2.26. The van der Waals surface area contributed by atoms with E-state index in [2.05, 4.69) is 15.6 Å². The number of alkyl halides is 3. The van der Waals surface area contributed by atoms with Crippen LogP contribution < -0.4 is 10.6 Å². The van der Waals surface area contributed by atoms with Crippen molar-refractivity contribution in [1.82, 2.24) is 20.5 Å². The summed E-state index contributed by atoms with van der Waals surface area (Å²) < 4.78 is 39.3. The number of amides is 2. The number of carbonyl (C=O) groups is 2. The first kappa shape index (κ1) is 31.9. The average molecular weight is 617 g/mol. The Hall–Kier alpha value is -4.54. The number of benzene rings is 3. The normalized spacial score (nSPS) is 16.3. The Morgan fingerprint density at radius 3 is 2.44 bits per heavy atom. The number of aromatic nitrogens is 1. The van der Waals surface area contributed by atoms with Crippen LogP contribution >= 0.6 is 0 Å². The third kappa shape index (κ3) is 8.34. The van der Waals surface area contributed by atoms with Crippen LogP contribution in [-0.4, -0.2) is 52.0 Å². The molecule has 0 aliphatic carbocycles. The number of hydrogen-bond acceptors (Lipinski definition) is 5. The van der Waals surface area contributed by atoms with E-state index in [-0.39, 0.29) is 30.6 Å². The molecule has 0 saturated carbocycles. The monoisotopic (exact) mass is 616 g/mol. The minimum Gasteiger partial charge on any atom is -0.390 e. The number of likely N-dealkylation sites (tertiary alicyclic amines) is 1. The summed E-state index contributed by atoms with van der Waals surface area (Å²) in [6.45, 7) is 0.735. The van der Waals surface area contributed by atoms with Gasteiger partial charge in [-0.2, -0.15) is 13.2 Å². The minimum atomic E-state index is -4.45. The number of carbonyl (C=O) groups excluding carboxylic acids is 2. The molecule has 10 heteroatoms. The van der Waals surface area contributed by atoms with Crippen molar-refractivity contribution in [1.29, 1.82) is 0 Å². The lowest BCUT2D eigenvalue weighted by atomic mass is 10.00. The standard InChI is InChI=1S/C35H35F3N4O3/c36-35(37,38)29-14-4-10-25(18-29)21-40-23-32(43)30(19-24-8-2-1-3-9-24)41-33(44)26-11-5-12-27(20-26)34(45)42-17-7-15-31(42)28-13-6-16-39-22-28/h1-6,8-14,16,18,20,22,30-32,40,43H,7,15,17,19,21,23H2,(H,41,44). The van der Waals surface area contributed by atoms with Crippen molar-refractivity contribution >= 4 is 11.8 Å². The van der Waals surface area contributed by atoms with Gasteiger partial charge >= 0.3 is 6.18 Å². The summed E-state index contributed by atoms with van der Waals surface area (Å²) in [6, 6.07) is 23.9. The Morgan fingerprint density at radius 1 is 0.933 bits per heavy atom. The second-order valence-corrected chi connectivity index (χ2v) is 11.2. The molecule has 0 bridgehead atoms. The van der Waals surface area contributed by atoms with E-state index >= 15 is 0 Å². The first-order valence-corrected chi connectivity index (χ1v) is 14.9. The van der Waals surface area contributed by atoms with Crippen LogP contribution in [0.4, 0.5) is 13.2 Å². The molecule has 1 aliphatic heterocycles. The maximum absolute atomic E-state index is 13.6. The van der Waals surface area contributed by atoms with Crippen LogP contribution in [0.25, 0.3) is 0 Å². The second kappa shape index (κ2) is 14.5. The quantitative estimate of drug-likeness (QED) is 0.205. The van der Waals surface area contributed by atoms with Crippen molar-refractivity contribution in [3.63, 3.8) is 0 Å². The summed E-state index contributed by atoms with van der Waals surface area (Å²) in [5, 5.41) is 17.1. The van der Waals surface area contributed by atoms with E-state index in [4.69, 9.17) is 0 Å². The molecular formula is C35H35F3N4O3. The van der Waals surface area contributed by atoms with Crippen LogP contribution in [0, 0.1) is 0 Å². The molecule has 1 aliphatic rings. The first-order valence-electron chi connectivity index (χ1n) is 14.9. The van der Waals surface area contributed by atoms with Crippen molar-refractivity contribution in [3.05, 3.63) is 137 Å². The number of rotatable bonds is 11. The van der Waals surface area contributed by atoms with E-state index in [1.54, 1.807) is 42.7 Å². The van der Waals surface area contributed by atoms with Crippen LogP contribution in [0.5, 0.6) is 0 Å². The minimum absolute atomic E-state index is 0.0250. The lowest BCUT2D eigenvalue weighted by Crippen LogP contribution is -2.48. The maximum atomic E-state index is 13.6. The Morgan fingerprint density at radius 2 is 1.69 bits per heavy atom. The fourth-order valence-electron chi connectivity index (χ4n) is 5.66. The zero-order valence-electron chi connectivity index (χ0n) is 24.6. The SMILES string of the molecule is O=C(NC(Cc1ccccc1)C(O)CNCc1cccc(C(F)(F)F)c1)c1cccc(C(=O)N2CCCC2c2cccnc2)c1. The summed E-state index contributed by atoms with van der Waals surface area (Å²) in [5.41, 5.74) is 2.21. The highest BCUT2D eigenvalue weighted by Gasteiger charge is 2.32. The zero-order valence-corrected chi connectivity index (χ0v) is 24.6. The molecule has 2 heterocycles. The lowest BCUT2D eigenvalue weighted by molar-refractivity contribution is -0.137. The summed E-state index contributed by atoms with van der Waals surface area (Å²) in [7, 11) is 0. The summed E-state index contributed by atoms with van der Waals surface area (Å²) in [5.74, 6) is -0.622. The smallest absolute Gasteiger partial charge is 0.390 e. The molecule has 0 spiro atoms. The second-order valence-electron chi connectivity index (χ2n) is 11.2. The van der Waals surface area contributed by atoms with Gasteiger partial charge in [0.2, 0.25) is 0 Å². The van der Waals surface area contributed by atoms with Gasteiger partial charge in [-0.25, -0.2) is 0 Å². The Bertz CT molecular complexity index is 1580. The summed E-state index contributed by atoms with van der Waals surface area (Å²) in [4.78, 5) is 33.0. The summed E-state index contributed by atoms with van der Waals surface area (Å²) in [6.07, 6.45) is -0.0239. The number of nitrogens with zero attached hydrogens (tertiary/aromatic N) is 2. The van der Waals surface area contributed by atoms with E-state index < -0.39 is 29.8 Å². The molecule has 0 radical (unpaired) electrons. The molecule has 7 nitrogen and oxygen atoms in total. The Balaban J connectivity index is 1.27. The predicted octanol–water partition coefficient (Wildman–Crippen LogP) is 5.57. The molecule has 1 aromatic heterocycles. The van der Waals surface area contributed by atoms with E-state index in [0.29, 0.717) is 24.1 Å². The fourth-order valence-corrected chi connectivity index (χ4v) is 5.66. The van der Waals surface area contributed by atoms with E-state index in [1.165, 1.54) is 6.07 Å². The molecule has 1 saturated heterocycles. The number of hydrogen-bond donors (Lipinski definition) is 3. The van der Waals surface area contributed by atoms with E-state index in [0.717, 1.165) is 36.1 Å². The van der Waals surface area contributed by atoms with Crippen LogP contribution in [-0.2, 0) is 19.1 Å². The molecule has 3 N–H and O–H groups in total. The molecule has 4 aromatic rings. The van der Waals surface area contributed by atoms with Crippen molar-refractivity contribution in [2.75, 3.05) is 13.1 Å². The molecule has 2 amide bonds. The van der Waals surface area contributed by atoms with Gasteiger partial charge in [0.1, 0.15) is 0 Å². The molecule has 45 heavy (non-hydrogen) atoms. The van der Waals surface area contributed by atoms with Gasteiger partial charge in [0.05, 0.1) is 23.8 Å². The van der Waals surface area contributed by atoms with Crippen LogP contribution in [0.2, 0.25) is 0 Å². The van der Waals surface area contributed by atoms with Crippen LogP contribution in [0.15, 0.2) is 103 Å². The van der Waals surface area contributed by atoms with Crippen molar-refractivity contribution in [2.24, 2.45) is 0 Å². The van der Waals surface area contributed by atoms with E-state index in [1.807, 2.05) is 47.4 Å². The third-order valence-corrected chi connectivity index (χ3v) is 7.97. The van der Waals surface area contributed by atoms with Gasteiger partial charge in [-0.3, -0.25) is 14.6 Å². The zero-order chi connectivity index (χ0) is 31.8. The molecular weight excluding hydrogens is 581 g/mol. The largest absolute Gasteiger partial charge is 0.416 e. The maximum Gasteiger partial charge on any atom is 0.416 e. The van der Waals surface area contributed by atoms with Crippen molar-refractivity contribution in [3.8, 4) is 0 Å². The first-order chi connectivity index (χ1) is 21.7. The number of nitrogens with one attached hydrogen (secondary N) is 2. The predicted molar refractivity (Wildman–Crippen MR) is 164 cm³/mol. The molecule has 234 valence electrons. The summed E-state index contributed by atoms with van der Waals surface area (Å²) >= 11 is 0. The van der Waals surface area contributed by atoms with Gasteiger partial charge in [0.15, 0.2) is 0 Å². The molecule has 1 fully saturated rings. The van der Waals surface area contributed by atoms with Gasteiger partial charge in [-0.1, -0.05) is 60.7 Å². The number of pyridine rings is 1. The van der Waals surface area contributed by atoms with E-state index in [9.17, 15) is 27.9 Å². The molecule has 5 rings (SSSR count). The third-order valence-electron chi connectivity index (χ3n) is 7.97. The number of aliphatic hydroxyl groups excluding tert-OH is 1.